The fraction of sp³-hybridized carbons (Fsp3) is 0.667. The standard InChI is InChI=1S/C15H23N/c1-12-8-9-15(16-11-12)13(2)10-14-6-4-3-5-7-14/h8-9,11,13-14H,3-7,10H2,1-2H3. The zero-order valence-electron chi connectivity index (χ0n) is 10.6. The molecule has 1 unspecified atom stereocenters. The first kappa shape index (κ1) is 11.6. The van der Waals surface area contributed by atoms with E-state index < -0.39 is 0 Å². The average Bonchev–Trinajstić information content (AvgIpc) is 2.31. The molecule has 0 bridgehead atoms. The third-order valence-corrected chi connectivity index (χ3v) is 3.85. The molecule has 0 spiro atoms. The molecular weight excluding hydrogens is 194 g/mol. The average molecular weight is 217 g/mol. The van der Waals surface area contributed by atoms with Crippen LogP contribution in [0.25, 0.3) is 0 Å². The summed E-state index contributed by atoms with van der Waals surface area (Å²) in [6, 6.07) is 4.38. The lowest BCUT2D eigenvalue weighted by Gasteiger charge is -2.24. The molecule has 1 aliphatic carbocycles. The molecule has 1 fully saturated rings. The third kappa shape index (κ3) is 3.07. The maximum Gasteiger partial charge on any atom is 0.0432 e. The van der Waals surface area contributed by atoms with Gasteiger partial charge < -0.3 is 0 Å². The van der Waals surface area contributed by atoms with Crippen molar-refractivity contribution in [1.29, 1.82) is 0 Å². The van der Waals surface area contributed by atoms with Gasteiger partial charge in [0.2, 0.25) is 0 Å². The lowest BCUT2D eigenvalue weighted by Crippen LogP contribution is -2.10. The van der Waals surface area contributed by atoms with Crippen molar-refractivity contribution in [2.75, 3.05) is 0 Å². The molecule has 1 aliphatic rings. The van der Waals surface area contributed by atoms with Crippen LogP contribution >= 0.6 is 0 Å². The highest BCUT2D eigenvalue weighted by atomic mass is 14.7. The second kappa shape index (κ2) is 5.47. The van der Waals surface area contributed by atoms with Crippen molar-refractivity contribution in [2.45, 2.75) is 58.3 Å². The van der Waals surface area contributed by atoms with Crippen LogP contribution < -0.4 is 0 Å². The summed E-state index contributed by atoms with van der Waals surface area (Å²) >= 11 is 0. The molecule has 0 radical (unpaired) electrons. The van der Waals surface area contributed by atoms with Gasteiger partial charge in [-0.05, 0) is 36.8 Å². The fourth-order valence-corrected chi connectivity index (χ4v) is 2.81. The van der Waals surface area contributed by atoms with Gasteiger partial charge in [-0.25, -0.2) is 0 Å². The summed E-state index contributed by atoms with van der Waals surface area (Å²) in [4.78, 5) is 4.54. The number of rotatable bonds is 3. The number of hydrogen-bond acceptors (Lipinski definition) is 1. The lowest BCUT2D eigenvalue weighted by atomic mass is 9.82. The molecule has 16 heavy (non-hydrogen) atoms. The molecule has 1 aromatic heterocycles. The summed E-state index contributed by atoms with van der Waals surface area (Å²) in [5.74, 6) is 1.58. The van der Waals surface area contributed by atoms with Crippen molar-refractivity contribution in [3.63, 3.8) is 0 Å². The molecule has 1 aromatic rings. The highest BCUT2D eigenvalue weighted by Crippen LogP contribution is 2.32. The van der Waals surface area contributed by atoms with E-state index in [1.807, 2.05) is 6.20 Å². The second-order valence-electron chi connectivity index (χ2n) is 5.40. The van der Waals surface area contributed by atoms with Crippen molar-refractivity contribution >= 4 is 0 Å². The summed E-state index contributed by atoms with van der Waals surface area (Å²) in [6.45, 7) is 4.43. The molecule has 88 valence electrons. The highest BCUT2D eigenvalue weighted by Gasteiger charge is 2.17. The first-order valence-corrected chi connectivity index (χ1v) is 6.68. The number of nitrogens with zero attached hydrogens (tertiary/aromatic N) is 1. The van der Waals surface area contributed by atoms with Gasteiger partial charge >= 0.3 is 0 Å². The predicted octanol–water partition coefficient (Wildman–Crippen LogP) is 4.46. The molecule has 1 saturated carbocycles. The monoisotopic (exact) mass is 217 g/mol. The first-order chi connectivity index (χ1) is 7.75. The Bertz CT molecular complexity index is 309. The molecule has 1 heteroatoms. The van der Waals surface area contributed by atoms with Gasteiger partial charge in [0, 0.05) is 11.9 Å². The van der Waals surface area contributed by atoms with E-state index in [1.165, 1.54) is 49.8 Å². The van der Waals surface area contributed by atoms with Crippen LogP contribution in [-0.2, 0) is 0 Å². The summed E-state index contributed by atoms with van der Waals surface area (Å²) in [6.07, 6.45) is 10.5. The van der Waals surface area contributed by atoms with Crippen molar-refractivity contribution < 1.29 is 0 Å². The van der Waals surface area contributed by atoms with E-state index in [0.717, 1.165) is 5.92 Å². The number of hydrogen-bond donors (Lipinski definition) is 0. The molecule has 0 amide bonds. The van der Waals surface area contributed by atoms with Crippen molar-refractivity contribution in [2.24, 2.45) is 5.92 Å². The minimum absolute atomic E-state index is 0.628. The van der Waals surface area contributed by atoms with E-state index in [1.54, 1.807) is 0 Å². The Hall–Kier alpha value is -0.850. The quantitative estimate of drug-likeness (QED) is 0.728. The lowest BCUT2D eigenvalue weighted by molar-refractivity contribution is 0.321. The Morgan fingerprint density at radius 1 is 1.25 bits per heavy atom. The van der Waals surface area contributed by atoms with E-state index in [4.69, 9.17) is 0 Å². The largest absolute Gasteiger partial charge is 0.261 e. The van der Waals surface area contributed by atoms with Gasteiger partial charge in [-0.2, -0.15) is 0 Å². The van der Waals surface area contributed by atoms with Crippen LogP contribution in [0.4, 0.5) is 0 Å². The summed E-state index contributed by atoms with van der Waals surface area (Å²) in [5.41, 5.74) is 2.53. The van der Waals surface area contributed by atoms with Gasteiger partial charge in [0.05, 0.1) is 0 Å². The third-order valence-electron chi connectivity index (χ3n) is 3.85. The molecule has 0 saturated heterocycles. The molecule has 0 N–H and O–H groups in total. The molecule has 1 heterocycles. The molecular formula is C15H23N. The van der Waals surface area contributed by atoms with Gasteiger partial charge in [0.15, 0.2) is 0 Å². The van der Waals surface area contributed by atoms with Crippen LogP contribution in [0.3, 0.4) is 0 Å². The van der Waals surface area contributed by atoms with Crippen LogP contribution in [-0.4, -0.2) is 4.98 Å². The van der Waals surface area contributed by atoms with Crippen LogP contribution in [0.1, 0.15) is 62.6 Å². The van der Waals surface area contributed by atoms with E-state index in [0.29, 0.717) is 5.92 Å². The minimum atomic E-state index is 0.628. The Labute approximate surface area is 99.3 Å². The van der Waals surface area contributed by atoms with Crippen LogP contribution in [0.15, 0.2) is 18.3 Å². The smallest absolute Gasteiger partial charge is 0.0432 e. The Balaban J connectivity index is 1.91. The molecule has 1 nitrogen and oxygen atoms in total. The van der Waals surface area contributed by atoms with Gasteiger partial charge in [0.1, 0.15) is 0 Å². The number of aromatic nitrogens is 1. The Morgan fingerprint density at radius 3 is 2.62 bits per heavy atom. The van der Waals surface area contributed by atoms with Crippen molar-refractivity contribution in [3.05, 3.63) is 29.6 Å². The molecule has 2 rings (SSSR count). The topological polar surface area (TPSA) is 12.9 Å². The zero-order chi connectivity index (χ0) is 11.4. The minimum Gasteiger partial charge on any atom is -0.261 e. The molecule has 1 atom stereocenters. The van der Waals surface area contributed by atoms with Crippen LogP contribution in [0.5, 0.6) is 0 Å². The van der Waals surface area contributed by atoms with E-state index in [2.05, 4.69) is 31.0 Å². The maximum absolute atomic E-state index is 4.54. The SMILES string of the molecule is Cc1ccc(C(C)CC2CCCCC2)nc1. The maximum atomic E-state index is 4.54. The summed E-state index contributed by atoms with van der Waals surface area (Å²) in [7, 11) is 0. The van der Waals surface area contributed by atoms with Gasteiger partial charge in [-0.3, -0.25) is 4.98 Å². The molecule has 0 aromatic carbocycles. The van der Waals surface area contributed by atoms with Gasteiger partial charge in [0.25, 0.3) is 0 Å². The Kier molecular flexibility index (Phi) is 3.98. The summed E-state index contributed by atoms with van der Waals surface area (Å²) in [5, 5.41) is 0. The van der Waals surface area contributed by atoms with E-state index >= 15 is 0 Å². The zero-order valence-corrected chi connectivity index (χ0v) is 10.6. The van der Waals surface area contributed by atoms with Crippen molar-refractivity contribution in [3.8, 4) is 0 Å². The van der Waals surface area contributed by atoms with Gasteiger partial charge in [-0.15, -0.1) is 0 Å². The fourth-order valence-electron chi connectivity index (χ4n) is 2.81. The van der Waals surface area contributed by atoms with Crippen molar-refractivity contribution in [1.82, 2.24) is 4.98 Å². The van der Waals surface area contributed by atoms with Crippen LogP contribution in [0.2, 0.25) is 0 Å². The van der Waals surface area contributed by atoms with Crippen LogP contribution in [0, 0.1) is 12.8 Å². The summed E-state index contributed by atoms with van der Waals surface area (Å²) < 4.78 is 0. The molecule has 0 aliphatic heterocycles. The number of aryl methyl sites for hydroxylation is 1. The van der Waals surface area contributed by atoms with E-state index in [9.17, 15) is 0 Å². The van der Waals surface area contributed by atoms with Gasteiger partial charge in [-0.1, -0.05) is 45.1 Å². The predicted molar refractivity (Wildman–Crippen MR) is 68.6 cm³/mol. The Morgan fingerprint density at radius 2 is 2.00 bits per heavy atom. The second-order valence-corrected chi connectivity index (χ2v) is 5.40. The normalized spacial score (nSPS) is 19.6. The number of pyridine rings is 1. The first-order valence-electron chi connectivity index (χ1n) is 6.68. The van der Waals surface area contributed by atoms with E-state index in [-0.39, 0.29) is 0 Å². The highest BCUT2D eigenvalue weighted by molar-refractivity contribution is 5.15.